The molecule has 0 radical (unpaired) electrons. The van der Waals surface area contributed by atoms with Crippen molar-refractivity contribution in [3.8, 4) is 28.3 Å². The Labute approximate surface area is 149 Å². The van der Waals surface area contributed by atoms with Gasteiger partial charge in [-0.05, 0) is 36.7 Å². The second-order valence-electron chi connectivity index (χ2n) is 6.14. The highest BCUT2D eigenvalue weighted by atomic mass is 35.5. The van der Waals surface area contributed by atoms with Crippen molar-refractivity contribution in [2.45, 2.75) is 18.4 Å². The van der Waals surface area contributed by atoms with Crippen LogP contribution in [-0.2, 0) is 0 Å². The molecule has 2 heterocycles. The number of aromatic amines is 1. The lowest BCUT2D eigenvalue weighted by molar-refractivity contribution is 0.259. The fourth-order valence-electron chi connectivity index (χ4n) is 2.63. The molecule has 1 aliphatic rings. The Morgan fingerprint density at radius 1 is 1.24 bits per heavy atom. The van der Waals surface area contributed by atoms with E-state index in [4.69, 9.17) is 16.3 Å². The first kappa shape index (κ1) is 16.0. The minimum Gasteiger partial charge on any atom is -0.490 e. The quantitative estimate of drug-likeness (QED) is 0.660. The average molecular weight is 357 g/mol. The molecule has 1 fully saturated rings. The highest BCUT2D eigenvalue weighted by Crippen LogP contribution is 2.36. The molecule has 0 atom stereocenters. The van der Waals surface area contributed by atoms with Gasteiger partial charge in [0.2, 0.25) is 5.82 Å². The summed E-state index contributed by atoms with van der Waals surface area (Å²) in [6.07, 6.45) is 3.93. The first-order chi connectivity index (χ1) is 12.2. The van der Waals surface area contributed by atoms with Gasteiger partial charge in [-0.15, -0.1) is 10.2 Å². The molecule has 0 spiro atoms. The molecule has 0 saturated heterocycles. The van der Waals surface area contributed by atoms with Gasteiger partial charge < -0.3 is 10.1 Å². The topological polar surface area (TPSA) is 88.6 Å². The molecule has 1 saturated carbocycles. The van der Waals surface area contributed by atoms with Crippen molar-refractivity contribution in [1.82, 2.24) is 30.9 Å². The summed E-state index contributed by atoms with van der Waals surface area (Å²) in [5.41, 5.74) is 2.77. The lowest BCUT2D eigenvalue weighted by Gasteiger charge is -2.15. The van der Waals surface area contributed by atoms with Gasteiger partial charge in [-0.25, -0.2) is 4.98 Å². The molecular formula is C17H17ClN6O. The minimum atomic E-state index is 0.117. The van der Waals surface area contributed by atoms with E-state index in [9.17, 15) is 0 Å². The summed E-state index contributed by atoms with van der Waals surface area (Å²) in [5.74, 6) is 1.26. The largest absolute Gasteiger partial charge is 0.490 e. The van der Waals surface area contributed by atoms with Crippen molar-refractivity contribution < 1.29 is 4.74 Å². The fraction of sp³-hybridized carbons (Fsp3) is 0.294. The van der Waals surface area contributed by atoms with Gasteiger partial charge in [0.25, 0.3) is 0 Å². The third-order valence-electron chi connectivity index (χ3n) is 4.51. The van der Waals surface area contributed by atoms with E-state index < -0.39 is 0 Å². The second-order valence-corrected chi connectivity index (χ2v) is 6.50. The Morgan fingerprint density at radius 2 is 2.00 bits per heavy atom. The molecule has 4 rings (SSSR count). The lowest BCUT2D eigenvalue weighted by atomic mass is 10.1. The third-order valence-corrected chi connectivity index (χ3v) is 4.81. The standard InChI is InChI=1S/C17H17ClN6O/c1-19-17(6-7-17)10-25-13-8-14(15(18)20-9-13)11-2-4-12(5-3-11)16-21-23-24-22-16/h2-5,8-9,19H,6-7,10H2,1H3,(H,21,22,23,24). The molecule has 2 aromatic heterocycles. The molecular weight excluding hydrogens is 340 g/mol. The molecule has 8 heteroatoms. The number of nitrogens with one attached hydrogen (secondary N) is 2. The Balaban J connectivity index is 1.55. The summed E-state index contributed by atoms with van der Waals surface area (Å²) in [4.78, 5) is 4.26. The number of aromatic nitrogens is 5. The van der Waals surface area contributed by atoms with Crippen LogP contribution < -0.4 is 10.1 Å². The van der Waals surface area contributed by atoms with Gasteiger partial charge >= 0.3 is 0 Å². The summed E-state index contributed by atoms with van der Waals surface area (Å²) < 4.78 is 5.91. The molecule has 3 aromatic rings. The first-order valence-corrected chi connectivity index (χ1v) is 8.38. The Morgan fingerprint density at radius 3 is 2.64 bits per heavy atom. The molecule has 1 aromatic carbocycles. The highest BCUT2D eigenvalue weighted by molar-refractivity contribution is 6.32. The van der Waals surface area contributed by atoms with Crippen LogP contribution in [0, 0.1) is 0 Å². The van der Waals surface area contributed by atoms with Crippen molar-refractivity contribution in [3.05, 3.63) is 41.7 Å². The summed E-state index contributed by atoms with van der Waals surface area (Å²) >= 11 is 6.28. The second kappa shape index (κ2) is 6.42. The maximum atomic E-state index is 6.28. The summed E-state index contributed by atoms with van der Waals surface area (Å²) in [6.45, 7) is 0.628. The summed E-state index contributed by atoms with van der Waals surface area (Å²) in [7, 11) is 1.97. The Bertz CT molecular complexity index is 861. The highest BCUT2D eigenvalue weighted by Gasteiger charge is 2.41. The number of H-pyrrole nitrogens is 1. The van der Waals surface area contributed by atoms with Gasteiger partial charge in [0.1, 0.15) is 17.5 Å². The minimum absolute atomic E-state index is 0.117. The summed E-state index contributed by atoms with van der Waals surface area (Å²) in [6, 6.07) is 9.67. The van der Waals surface area contributed by atoms with E-state index in [1.807, 2.05) is 37.4 Å². The van der Waals surface area contributed by atoms with Gasteiger partial charge in [0.05, 0.1) is 11.7 Å². The monoisotopic (exact) mass is 356 g/mol. The zero-order chi connectivity index (χ0) is 17.3. The van der Waals surface area contributed by atoms with Crippen LogP contribution in [0.3, 0.4) is 0 Å². The van der Waals surface area contributed by atoms with E-state index in [1.54, 1.807) is 6.20 Å². The lowest BCUT2D eigenvalue weighted by Crippen LogP contribution is -2.33. The molecule has 2 N–H and O–H groups in total. The van der Waals surface area contributed by atoms with E-state index in [1.165, 1.54) is 0 Å². The molecule has 0 bridgehead atoms. The molecule has 128 valence electrons. The first-order valence-electron chi connectivity index (χ1n) is 8.01. The predicted octanol–water partition coefficient (Wildman–Crippen LogP) is 2.71. The molecule has 0 aliphatic heterocycles. The average Bonchev–Trinajstić information content (AvgIpc) is 3.23. The van der Waals surface area contributed by atoms with Gasteiger partial charge in [0.15, 0.2) is 0 Å². The smallest absolute Gasteiger partial charge is 0.204 e. The van der Waals surface area contributed by atoms with Crippen molar-refractivity contribution in [2.24, 2.45) is 0 Å². The predicted molar refractivity (Wildman–Crippen MR) is 94.4 cm³/mol. The van der Waals surface area contributed by atoms with Crippen LogP contribution in [0.2, 0.25) is 5.15 Å². The SMILES string of the molecule is CNC1(COc2cnc(Cl)c(-c3ccc(-c4nn[nH]n4)cc3)c2)CC1. The molecule has 0 unspecified atom stereocenters. The van der Waals surface area contributed by atoms with Crippen LogP contribution in [0.25, 0.3) is 22.5 Å². The number of rotatable bonds is 6. The Hall–Kier alpha value is -2.51. The van der Waals surface area contributed by atoms with Crippen LogP contribution in [0.5, 0.6) is 5.75 Å². The third kappa shape index (κ3) is 3.33. The number of hydrogen-bond donors (Lipinski definition) is 2. The maximum absolute atomic E-state index is 6.28. The van der Waals surface area contributed by atoms with E-state index in [2.05, 4.69) is 30.9 Å². The molecule has 1 aliphatic carbocycles. The number of tetrazole rings is 1. The number of likely N-dealkylation sites (N-methyl/N-ethyl adjacent to an activating group) is 1. The number of hydrogen-bond acceptors (Lipinski definition) is 6. The summed E-state index contributed by atoms with van der Waals surface area (Å²) in [5, 5.41) is 17.7. The van der Waals surface area contributed by atoms with Gasteiger partial charge in [-0.1, -0.05) is 35.9 Å². The number of pyridine rings is 1. The molecule has 0 amide bonds. The number of benzene rings is 1. The van der Waals surface area contributed by atoms with Crippen molar-refractivity contribution in [1.29, 1.82) is 0 Å². The van der Waals surface area contributed by atoms with E-state index in [-0.39, 0.29) is 5.54 Å². The van der Waals surface area contributed by atoms with Crippen LogP contribution in [0.1, 0.15) is 12.8 Å². The van der Waals surface area contributed by atoms with Crippen LogP contribution >= 0.6 is 11.6 Å². The van der Waals surface area contributed by atoms with Crippen molar-refractivity contribution >= 4 is 11.6 Å². The fourth-order valence-corrected chi connectivity index (χ4v) is 2.84. The number of nitrogens with zero attached hydrogens (tertiary/aromatic N) is 4. The molecule has 7 nitrogen and oxygen atoms in total. The van der Waals surface area contributed by atoms with Gasteiger partial charge in [-0.3, -0.25) is 0 Å². The van der Waals surface area contributed by atoms with Gasteiger partial charge in [0, 0.05) is 11.1 Å². The number of ether oxygens (including phenoxy) is 1. The van der Waals surface area contributed by atoms with Gasteiger partial charge in [-0.2, -0.15) is 5.21 Å². The van der Waals surface area contributed by atoms with E-state index >= 15 is 0 Å². The zero-order valence-corrected chi connectivity index (χ0v) is 14.4. The Kier molecular flexibility index (Phi) is 4.10. The maximum Gasteiger partial charge on any atom is 0.204 e. The van der Waals surface area contributed by atoms with Crippen molar-refractivity contribution in [2.75, 3.05) is 13.7 Å². The molecule has 25 heavy (non-hydrogen) atoms. The zero-order valence-electron chi connectivity index (χ0n) is 13.7. The van der Waals surface area contributed by atoms with E-state index in [0.717, 1.165) is 29.5 Å². The van der Waals surface area contributed by atoms with Crippen LogP contribution in [0.4, 0.5) is 0 Å². The van der Waals surface area contributed by atoms with E-state index in [0.29, 0.717) is 23.3 Å². The van der Waals surface area contributed by atoms with Crippen LogP contribution in [0.15, 0.2) is 36.5 Å². The normalized spacial score (nSPS) is 15.1. The number of halogens is 1. The van der Waals surface area contributed by atoms with Crippen molar-refractivity contribution in [3.63, 3.8) is 0 Å². The van der Waals surface area contributed by atoms with Crippen LogP contribution in [-0.4, -0.2) is 44.8 Å².